The van der Waals surface area contributed by atoms with Crippen LogP contribution in [-0.4, -0.2) is 92.1 Å². The van der Waals surface area contributed by atoms with Gasteiger partial charge in [0.15, 0.2) is 11.5 Å². The van der Waals surface area contributed by atoms with E-state index in [0.29, 0.717) is 57.6 Å². The molecular weight excluding hydrogens is 1140 g/mol. The number of rotatable bonds is 18. The number of carbonyl (C=O) groups is 5. The maximum absolute atomic E-state index is 13.7. The number of carbonyl (C=O) groups excluding carboxylic acids is 5. The summed E-state index contributed by atoms with van der Waals surface area (Å²) in [6, 6.07) is 28.8. The van der Waals surface area contributed by atoms with E-state index in [4.69, 9.17) is 34.7 Å². The van der Waals surface area contributed by atoms with E-state index in [1.165, 1.54) is 101 Å². The van der Waals surface area contributed by atoms with Gasteiger partial charge < -0.3 is 41.2 Å². The molecule has 0 unspecified atom stereocenters. The van der Waals surface area contributed by atoms with Gasteiger partial charge in [0.05, 0.1) is 68.7 Å². The van der Waals surface area contributed by atoms with E-state index in [1.807, 2.05) is 12.1 Å². The Hall–Kier alpha value is -8.83. The summed E-state index contributed by atoms with van der Waals surface area (Å²) < 4.78 is 10.1. The van der Waals surface area contributed by atoms with Crippen molar-refractivity contribution < 1.29 is 29.1 Å². The van der Waals surface area contributed by atoms with Gasteiger partial charge in [0.2, 0.25) is 11.8 Å². The fourth-order valence-electron chi connectivity index (χ4n) is 8.70. The molecule has 10 rings (SSSR count). The van der Waals surface area contributed by atoms with E-state index in [1.54, 1.807) is 46.3 Å². The number of nitrogens with one attached hydrogen (secondary N) is 2. The molecule has 0 bridgehead atoms. The van der Waals surface area contributed by atoms with E-state index >= 15 is 0 Å². The molecule has 1 fully saturated rings. The van der Waals surface area contributed by atoms with Gasteiger partial charge >= 0.3 is 0 Å². The number of amides is 2. The molecule has 0 spiro atoms. The number of likely N-dealkylation sites (tertiary alicyclic amines) is 1. The first kappa shape index (κ1) is 56.9. The van der Waals surface area contributed by atoms with Gasteiger partial charge in [0.25, 0.3) is 22.9 Å². The minimum Gasteiger partial charge on any atom is -0.503 e. The number of pyridine rings is 2. The lowest BCUT2D eigenvalue weighted by atomic mass is 10.1. The number of ketones is 1. The summed E-state index contributed by atoms with van der Waals surface area (Å²) in [7, 11) is 0. The van der Waals surface area contributed by atoms with Gasteiger partial charge in [-0.05, 0) is 110 Å². The lowest BCUT2D eigenvalue weighted by Gasteiger charge is -2.27. The first-order chi connectivity index (χ1) is 39.0. The second-order valence-electron chi connectivity index (χ2n) is 18.3. The maximum atomic E-state index is 13.7. The number of hydrogen-bond donors (Lipinski definition) is 5. The second kappa shape index (κ2) is 25.5. The van der Waals surface area contributed by atoms with Crippen molar-refractivity contribution in [1.82, 2.24) is 38.0 Å². The molecule has 0 saturated carbocycles. The van der Waals surface area contributed by atoms with Crippen molar-refractivity contribution in [1.29, 1.82) is 5.26 Å². The number of primary amides is 2. The van der Waals surface area contributed by atoms with Crippen LogP contribution in [0.4, 0.5) is 11.6 Å². The van der Waals surface area contributed by atoms with Gasteiger partial charge in [0.1, 0.15) is 17.3 Å². The van der Waals surface area contributed by atoms with Crippen molar-refractivity contribution in [2.24, 2.45) is 11.5 Å². The Kier molecular flexibility index (Phi) is 17.9. The zero-order valence-electron chi connectivity index (χ0n) is 42.6. The topological polar surface area (TPSA) is 301 Å². The average Bonchev–Trinajstić information content (AvgIpc) is 4.53. The lowest BCUT2D eigenvalue weighted by Crippen LogP contribution is -2.35. The van der Waals surface area contributed by atoms with Crippen LogP contribution < -0.4 is 33.2 Å². The number of piperidine rings is 1. The average molecular weight is 1190 g/mol. The largest absolute Gasteiger partial charge is 0.503 e. The molecule has 26 heteroatoms. The first-order valence-corrected chi connectivity index (χ1v) is 28.0. The Morgan fingerprint density at radius 3 is 1.79 bits per heavy atom. The number of Topliss-reactive ketones (excluding diaryl/α,β-unsaturated/α-hetero) is 1. The lowest BCUT2D eigenvalue weighted by molar-refractivity contribution is 0.0939. The molecule has 8 heterocycles. The van der Waals surface area contributed by atoms with Crippen molar-refractivity contribution in [3.05, 3.63) is 193 Å². The van der Waals surface area contributed by atoms with Crippen molar-refractivity contribution >= 4 is 98.5 Å². The number of anilines is 2. The van der Waals surface area contributed by atoms with Crippen LogP contribution in [0.2, 0.25) is 8.67 Å². The molecule has 7 aromatic heterocycles. The minimum absolute atomic E-state index is 0.0607. The van der Waals surface area contributed by atoms with Gasteiger partial charge in [0, 0.05) is 74.9 Å². The second-order valence-corrected chi connectivity index (χ2v) is 22.5. The molecule has 9 aromatic rings. The Labute approximate surface area is 483 Å². The van der Waals surface area contributed by atoms with Crippen molar-refractivity contribution in [2.75, 3.05) is 30.3 Å². The van der Waals surface area contributed by atoms with Gasteiger partial charge in [-0.2, -0.15) is 24.8 Å². The number of benzene rings is 2. The van der Waals surface area contributed by atoms with Gasteiger partial charge in [-0.25, -0.2) is 4.37 Å². The highest BCUT2D eigenvalue weighted by Crippen LogP contribution is 2.31. The molecule has 0 aliphatic carbocycles. The van der Waals surface area contributed by atoms with E-state index in [2.05, 4.69) is 36.2 Å². The molecule has 1 aliphatic rings. The molecule has 0 radical (unpaired) electrons. The van der Waals surface area contributed by atoms with Crippen LogP contribution in [0, 0.1) is 11.3 Å². The number of thiophene rings is 2. The van der Waals surface area contributed by atoms with Crippen molar-refractivity contribution in [2.45, 2.75) is 45.4 Å². The number of aromatic nitrogens is 7. The molecule has 1 aliphatic heterocycles. The molecule has 2 aromatic carbocycles. The fourth-order valence-corrected chi connectivity index (χ4v) is 11.3. The normalized spacial score (nSPS) is 12.3. The Balaban J connectivity index is 0.000000196. The quantitative estimate of drug-likeness (QED) is 0.0508. The van der Waals surface area contributed by atoms with E-state index in [0.717, 1.165) is 56.5 Å². The highest BCUT2D eigenvalue weighted by Gasteiger charge is 2.24. The number of halogens is 2. The number of nitrogens with zero attached hydrogens (tertiary/aromatic N) is 9. The third kappa shape index (κ3) is 13.6. The number of hydrogen-bond acceptors (Lipinski definition) is 18. The maximum Gasteiger partial charge on any atom is 0.293 e. The minimum atomic E-state index is -0.799. The SMILES string of the molecule is N#Cc1cc(-c2cc(NCc3ccc(Cl)s3)n(C(=O)c3cccc(C(N)=O)c3)n2)n(CCN2CCCCC2)c(=O)c1.NC(=O)c1cccc(C(=O)n2nc(-c3ccn(CC(=O)c4cnsc4)c(=O)c3O)cc2NCc2ccc(Cl)s2)c1. The summed E-state index contributed by atoms with van der Waals surface area (Å²) in [5, 5.41) is 37.3. The van der Waals surface area contributed by atoms with Crippen LogP contribution in [0.5, 0.6) is 5.75 Å². The highest BCUT2D eigenvalue weighted by atomic mass is 35.5. The molecule has 7 N–H and O–H groups in total. The van der Waals surface area contributed by atoms with Gasteiger partial charge in [-0.15, -0.1) is 22.7 Å². The molecule has 81 heavy (non-hydrogen) atoms. The fraction of sp³-hybridized carbons (Fsp3) is 0.182. The molecule has 2 amide bonds. The summed E-state index contributed by atoms with van der Waals surface area (Å²) in [6.07, 6.45) is 6.24. The van der Waals surface area contributed by atoms with Crippen molar-refractivity contribution in [3.63, 3.8) is 0 Å². The summed E-state index contributed by atoms with van der Waals surface area (Å²) in [6.45, 7) is 3.45. The number of nitriles is 1. The van der Waals surface area contributed by atoms with Crippen LogP contribution in [0.15, 0.2) is 130 Å². The molecule has 21 nitrogen and oxygen atoms in total. The van der Waals surface area contributed by atoms with Crippen LogP contribution in [0.1, 0.15) is 86.4 Å². The zero-order chi connectivity index (χ0) is 57.3. The smallest absolute Gasteiger partial charge is 0.293 e. The van der Waals surface area contributed by atoms with Gasteiger partial charge in [-0.3, -0.25) is 33.6 Å². The summed E-state index contributed by atoms with van der Waals surface area (Å²) in [5.41, 5.74) is 11.9. The van der Waals surface area contributed by atoms with Crippen LogP contribution in [0.3, 0.4) is 0 Å². The Morgan fingerprint density at radius 2 is 1.26 bits per heavy atom. The van der Waals surface area contributed by atoms with Crippen LogP contribution >= 0.6 is 57.4 Å². The van der Waals surface area contributed by atoms with Gasteiger partial charge in [-0.1, -0.05) is 41.8 Å². The zero-order valence-corrected chi connectivity index (χ0v) is 46.5. The third-order valence-corrected chi connectivity index (χ3v) is 15.9. The monoisotopic (exact) mass is 1180 g/mol. The predicted octanol–water partition coefficient (Wildman–Crippen LogP) is 8.05. The summed E-state index contributed by atoms with van der Waals surface area (Å²) in [5.74, 6) is -2.76. The summed E-state index contributed by atoms with van der Waals surface area (Å²) >= 11 is 16.0. The molecule has 1 saturated heterocycles. The Morgan fingerprint density at radius 1 is 0.691 bits per heavy atom. The standard InChI is InChI=1S/C29H28ClN7O3S.C26H19ClN6O5S2/c30-25-8-7-22(41-25)18-33-26-16-23(34-37(26)29(40)21-6-4-5-20(15-21)28(32)39)24-13-19(17-31)14-27(38)36(24)12-11-35-9-2-1-3-10-35;27-21-5-4-17(40-21)11-29-22-9-19(31-33(22)25(37)15-3-1-2-14(8-15)24(28)36)18-6-7-32(26(38)23(18)35)12-20(34)16-10-30-39-13-16/h4-8,13-16,33H,1-3,9-12,18H2,(H2,32,39);1-10,13,29,35H,11-12H2,(H2,28,36). The molecule has 412 valence electrons. The van der Waals surface area contributed by atoms with Crippen LogP contribution in [-0.2, 0) is 26.2 Å². The predicted molar refractivity (Wildman–Crippen MR) is 310 cm³/mol. The summed E-state index contributed by atoms with van der Waals surface area (Å²) in [4.78, 5) is 93.2. The molecule has 0 atom stereocenters. The van der Waals surface area contributed by atoms with Crippen LogP contribution in [0.25, 0.3) is 22.6 Å². The molecular formula is C55H47Cl2N13O8S3. The Bertz CT molecular complexity index is 4020. The highest BCUT2D eigenvalue weighted by molar-refractivity contribution is 7.16. The van der Waals surface area contributed by atoms with E-state index in [-0.39, 0.29) is 62.8 Å². The first-order valence-electron chi connectivity index (χ1n) is 24.8. The van der Waals surface area contributed by atoms with E-state index < -0.39 is 34.9 Å². The third-order valence-electron chi connectivity index (χ3n) is 12.8. The van der Waals surface area contributed by atoms with Crippen molar-refractivity contribution in [3.8, 4) is 34.5 Å². The number of aromatic hydroxyl groups is 1. The van der Waals surface area contributed by atoms with E-state index in [9.17, 15) is 43.9 Å². The number of nitrogens with two attached hydrogens (primary N) is 2.